The van der Waals surface area contributed by atoms with Crippen molar-refractivity contribution in [2.75, 3.05) is 33.3 Å². The van der Waals surface area contributed by atoms with Crippen molar-refractivity contribution in [1.82, 2.24) is 9.80 Å². The molecule has 2 amide bonds. The monoisotopic (exact) mass is 363 g/mol. The fourth-order valence-electron chi connectivity index (χ4n) is 3.15. The highest BCUT2D eigenvalue weighted by Crippen LogP contribution is 2.21. The van der Waals surface area contributed by atoms with Crippen LogP contribution < -0.4 is 4.74 Å². The maximum absolute atomic E-state index is 12.7. The lowest BCUT2D eigenvalue weighted by Gasteiger charge is -2.35. The number of carbonyl (C=O) groups excluding carboxylic acids is 2. The van der Waals surface area contributed by atoms with Crippen LogP contribution >= 0.6 is 0 Å². The largest absolute Gasteiger partial charge is 0.496 e. The molecule has 3 rings (SSSR count). The van der Waals surface area contributed by atoms with Crippen LogP contribution in [-0.4, -0.2) is 54.9 Å². The molecule has 0 bridgehead atoms. The van der Waals surface area contributed by atoms with Crippen LogP contribution in [0.1, 0.15) is 31.8 Å². The number of amides is 2. The van der Waals surface area contributed by atoms with Crippen LogP contribution in [0.25, 0.3) is 0 Å². The van der Waals surface area contributed by atoms with Crippen molar-refractivity contribution in [2.24, 2.45) is 0 Å². The van der Waals surface area contributed by atoms with Crippen LogP contribution in [-0.2, 0) is 0 Å². The zero-order valence-corrected chi connectivity index (χ0v) is 15.4. The topological polar surface area (TPSA) is 73.6 Å². The third kappa shape index (κ3) is 3.93. The summed E-state index contributed by atoms with van der Waals surface area (Å²) in [5.41, 5.74) is 2.52. The summed E-state index contributed by atoms with van der Waals surface area (Å²) in [6.07, 6.45) is 0. The summed E-state index contributed by atoms with van der Waals surface area (Å²) in [6, 6.07) is 14.1. The number of hydrogen-bond acceptors (Lipinski definition) is 4. The highest BCUT2D eigenvalue weighted by molar-refractivity contribution is 5.96. The van der Waals surface area contributed by atoms with Crippen LogP contribution in [0.3, 0.4) is 0 Å². The Balaban J connectivity index is 1.65. The Labute approximate surface area is 158 Å². The molecule has 2 aromatic rings. The number of carbonyl (C=O) groups is 2. The molecule has 0 unspecified atom stereocenters. The van der Waals surface area contributed by atoms with E-state index in [1.54, 1.807) is 53.3 Å². The third-order valence-corrected chi connectivity index (χ3v) is 4.75. The first-order valence-electron chi connectivity index (χ1n) is 8.77. The molecule has 0 radical (unpaired) electrons. The molecule has 27 heavy (non-hydrogen) atoms. The molecule has 1 aliphatic heterocycles. The first-order valence-corrected chi connectivity index (χ1v) is 8.77. The molecule has 2 aromatic carbocycles. The van der Waals surface area contributed by atoms with Crippen molar-refractivity contribution in [3.8, 4) is 11.8 Å². The van der Waals surface area contributed by atoms with E-state index in [0.29, 0.717) is 48.6 Å². The molecule has 138 valence electrons. The number of nitrogens with zero attached hydrogens (tertiary/aromatic N) is 3. The van der Waals surface area contributed by atoms with E-state index in [9.17, 15) is 9.59 Å². The van der Waals surface area contributed by atoms with Gasteiger partial charge < -0.3 is 14.5 Å². The number of benzene rings is 2. The van der Waals surface area contributed by atoms with Gasteiger partial charge in [0.2, 0.25) is 0 Å². The quantitative estimate of drug-likeness (QED) is 0.840. The Bertz CT molecular complexity index is 909. The maximum Gasteiger partial charge on any atom is 0.254 e. The molecule has 1 heterocycles. The lowest BCUT2D eigenvalue weighted by molar-refractivity contribution is 0.0535. The van der Waals surface area contributed by atoms with Gasteiger partial charge in [-0.2, -0.15) is 5.26 Å². The highest BCUT2D eigenvalue weighted by Gasteiger charge is 2.26. The van der Waals surface area contributed by atoms with Gasteiger partial charge in [0.1, 0.15) is 5.75 Å². The number of methoxy groups -OCH3 is 1. The summed E-state index contributed by atoms with van der Waals surface area (Å²) < 4.78 is 5.29. The second-order valence-electron chi connectivity index (χ2n) is 6.46. The molecule has 6 heteroatoms. The van der Waals surface area contributed by atoms with Gasteiger partial charge in [-0.25, -0.2) is 0 Å². The van der Waals surface area contributed by atoms with Crippen molar-refractivity contribution >= 4 is 11.8 Å². The van der Waals surface area contributed by atoms with Gasteiger partial charge in [-0.3, -0.25) is 9.59 Å². The molecule has 0 aliphatic carbocycles. The van der Waals surface area contributed by atoms with Gasteiger partial charge in [0, 0.05) is 37.3 Å². The van der Waals surface area contributed by atoms with Crippen molar-refractivity contribution in [2.45, 2.75) is 6.92 Å². The number of hydrogen-bond donors (Lipinski definition) is 0. The second kappa shape index (κ2) is 7.92. The van der Waals surface area contributed by atoms with E-state index >= 15 is 0 Å². The predicted molar refractivity (Wildman–Crippen MR) is 101 cm³/mol. The molecular formula is C21H21N3O3. The maximum atomic E-state index is 12.7. The van der Waals surface area contributed by atoms with Crippen molar-refractivity contribution in [3.63, 3.8) is 0 Å². The van der Waals surface area contributed by atoms with Gasteiger partial charge in [0.15, 0.2) is 0 Å². The summed E-state index contributed by atoms with van der Waals surface area (Å²) in [7, 11) is 1.59. The Morgan fingerprint density at radius 1 is 0.963 bits per heavy atom. The van der Waals surface area contributed by atoms with E-state index in [1.165, 1.54) is 0 Å². The SMILES string of the molecule is COc1cc(C(=O)N2CCN(C(=O)c3cccc(C#N)c3)CC2)ccc1C. The van der Waals surface area contributed by atoms with Crippen molar-refractivity contribution in [1.29, 1.82) is 5.26 Å². The number of nitriles is 1. The minimum absolute atomic E-state index is 0.0631. The molecule has 0 spiro atoms. The Hall–Kier alpha value is -3.33. The average molecular weight is 363 g/mol. The van der Waals surface area contributed by atoms with Gasteiger partial charge in [-0.1, -0.05) is 12.1 Å². The van der Waals surface area contributed by atoms with Gasteiger partial charge >= 0.3 is 0 Å². The second-order valence-corrected chi connectivity index (χ2v) is 6.46. The van der Waals surface area contributed by atoms with E-state index in [-0.39, 0.29) is 11.8 Å². The van der Waals surface area contributed by atoms with Crippen LogP contribution in [0.15, 0.2) is 42.5 Å². The standard InChI is InChI=1S/C21H21N3O3/c1-15-6-7-18(13-19(15)27-2)21(26)24-10-8-23(9-11-24)20(25)17-5-3-4-16(12-17)14-22/h3-7,12-13H,8-11H2,1-2H3. The summed E-state index contributed by atoms with van der Waals surface area (Å²) in [5.74, 6) is 0.509. The van der Waals surface area contributed by atoms with Crippen LogP contribution in [0.2, 0.25) is 0 Å². The molecular weight excluding hydrogens is 342 g/mol. The van der Waals surface area contributed by atoms with Crippen LogP contribution in [0, 0.1) is 18.3 Å². The average Bonchev–Trinajstić information content (AvgIpc) is 2.73. The van der Waals surface area contributed by atoms with E-state index in [0.717, 1.165) is 5.56 Å². The third-order valence-electron chi connectivity index (χ3n) is 4.75. The molecule has 0 aromatic heterocycles. The lowest BCUT2D eigenvalue weighted by atomic mass is 10.1. The zero-order chi connectivity index (χ0) is 19.4. The van der Waals surface area contributed by atoms with Gasteiger partial charge in [-0.05, 0) is 42.8 Å². The minimum Gasteiger partial charge on any atom is -0.496 e. The normalized spacial score (nSPS) is 13.8. The first kappa shape index (κ1) is 18.5. The molecule has 1 fully saturated rings. The molecule has 1 aliphatic rings. The van der Waals surface area contributed by atoms with Gasteiger partial charge in [0.05, 0.1) is 18.7 Å². The number of piperazine rings is 1. The number of rotatable bonds is 3. The summed E-state index contributed by atoms with van der Waals surface area (Å²) >= 11 is 0. The van der Waals surface area contributed by atoms with Crippen molar-refractivity contribution < 1.29 is 14.3 Å². The molecule has 0 saturated carbocycles. The molecule has 6 nitrogen and oxygen atoms in total. The number of aryl methyl sites for hydroxylation is 1. The Morgan fingerprint density at radius 2 is 1.56 bits per heavy atom. The first-order chi connectivity index (χ1) is 13.0. The van der Waals surface area contributed by atoms with E-state index < -0.39 is 0 Å². The van der Waals surface area contributed by atoms with E-state index in [4.69, 9.17) is 10.00 Å². The molecule has 0 N–H and O–H groups in total. The van der Waals surface area contributed by atoms with Gasteiger partial charge in [-0.15, -0.1) is 0 Å². The number of ether oxygens (including phenoxy) is 1. The highest BCUT2D eigenvalue weighted by atomic mass is 16.5. The summed E-state index contributed by atoms with van der Waals surface area (Å²) in [6.45, 7) is 3.80. The minimum atomic E-state index is -0.115. The predicted octanol–water partition coefficient (Wildman–Crippen LogP) is 2.47. The Kier molecular flexibility index (Phi) is 5.41. The zero-order valence-electron chi connectivity index (χ0n) is 15.4. The lowest BCUT2D eigenvalue weighted by Crippen LogP contribution is -2.50. The Morgan fingerprint density at radius 3 is 2.11 bits per heavy atom. The smallest absolute Gasteiger partial charge is 0.254 e. The summed E-state index contributed by atoms with van der Waals surface area (Å²) in [5, 5.41) is 8.98. The molecule has 1 saturated heterocycles. The van der Waals surface area contributed by atoms with Gasteiger partial charge in [0.25, 0.3) is 11.8 Å². The van der Waals surface area contributed by atoms with E-state index in [1.807, 2.05) is 19.1 Å². The molecule has 0 atom stereocenters. The fraction of sp³-hybridized carbons (Fsp3) is 0.286. The van der Waals surface area contributed by atoms with Crippen molar-refractivity contribution in [3.05, 3.63) is 64.7 Å². The van der Waals surface area contributed by atoms with Crippen LogP contribution in [0.4, 0.5) is 0 Å². The van der Waals surface area contributed by atoms with E-state index in [2.05, 4.69) is 0 Å². The fourth-order valence-corrected chi connectivity index (χ4v) is 3.15. The van der Waals surface area contributed by atoms with Crippen LogP contribution in [0.5, 0.6) is 5.75 Å². The summed E-state index contributed by atoms with van der Waals surface area (Å²) in [4.78, 5) is 28.8.